The van der Waals surface area contributed by atoms with Crippen LogP contribution in [0.2, 0.25) is 17.9 Å². The van der Waals surface area contributed by atoms with Crippen LogP contribution in [-0.2, 0) is 0 Å². The summed E-state index contributed by atoms with van der Waals surface area (Å²) in [6, 6.07) is 0. The Kier molecular flexibility index (Phi) is 5.16. The normalized spacial score (nSPS) is 24.0. The van der Waals surface area contributed by atoms with Crippen molar-refractivity contribution < 1.29 is 0 Å². The van der Waals surface area contributed by atoms with E-state index in [1.807, 2.05) is 0 Å². The van der Waals surface area contributed by atoms with Crippen LogP contribution in [0.4, 0.5) is 0 Å². The molecule has 0 nitrogen and oxygen atoms in total. The van der Waals surface area contributed by atoms with Crippen LogP contribution in [0.3, 0.4) is 0 Å². The Morgan fingerprint density at radius 1 is 0.625 bits per heavy atom. The molecule has 0 unspecified atom stereocenters. The predicted octanol–water partition coefficient (Wildman–Crippen LogP) is 1.86. The Bertz CT molecular complexity index is 30.5. The molecule has 0 saturated carbocycles. The number of hydrogen-bond acceptors (Lipinski definition) is 0. The van der Waals surface area contributed by atoms with Gasteiger partial charge in [-0.05, 0) is 0 Å². The molecule has 0 aromatic carbocycles. The van der Waals surface area contributed by atoms with Gasteiger partial charge in [-0.1, -0.05) is 0 Å². The standard InChI is InChI=1S/C6H12Te2/c1-3-7-5-2-6-8-4-1/h1-6H2. The summed E-state index contributed by atoms with van der Waals surface area (Å²) in [6.45, 7) is 0. The average Bonchev–Trinajstić information content (AvgIpc) is 1.62. The summed E-state index contributed by atoms with van der Waals surface area (Å²) in [4.78, 5) is 0. The van der Waals surface area contributed by atoms with Crippen molar-refractivity contribution in [3.05, 3.63) is 0 Å². The summed E-state index contributed by atoms with van der Waals surface area (Å²) in [5.41, 5.74) is 0. The van der Waals surface area contributed by atoms with E-state index < -0.39 is 0 Å². The fourth-order valence-corrected chi connectivity index (χ4v) is 9.41. The van der Waals surface area contributed by atoms with E-state index in [4.69, 9.17) is 0 Å². The average molecular weight is 339 g/mol. The molecule has 0 spiro atoms. The van der Waals surface area contributed by atoms with E-state index >= 15 is 0 Å². The summed E-state index contributed by atoms with van der Waals surface area (Å²) in [7, 11) is 0. The molecule has 8 heavy (non-hydrogen) atoms. The molecule has 0 aliphatic carbocycles. The van der Waals surface area contributed by atoms with Crippen LogP contribution in [-0.4, -0.2) is 41.8 Å². The van der Waals surface area contributed by atoms with Crippen molar-refractivity contribution >= 4 is 41.8 Å². The van der Waals surface area contributed by atoms with E-state index in [2.05, 4.69) is 0 Å². The molecular formula is C6H12Te2. The first-order valence-corrected chi connectivity index (χ1v) is 9.75. The van der Waals surface area contributed by atoms with Crippen LogP contribution < -0.4 is 0 Å². The van der Waals surface area contributed by atoms with Crippen molar-refractivity contribution in [2.75, 3.05) is 0 Å². The van der Waals surface area contributed by atoms with Crippen molar-refractivity contribution in [2.24, 2.45) is 0 Å². The Labute approximate surface area is 72.0 Å². The fraction of sp³-hybridized carbons (Fsp3) is 1.00. The molecule has 0 atom stereocenters. The zero-order chi connectivity index (χ0) is 5.66. The summed E-state index contributed by atoms with van der Waals surface area (Å²) in [5.74, 6) is 0. The second kappa shape index (κ2) is 5.37. The van der Waals surface area contributed by atoms with Gasteiger partial charge in [-0.3, -0.25) is 0 Å². The van der Waals surface area contributed by atoms with Crippen LogP contribution in [0.15, 0.2) is 0 Å². The second-order valence-corrected chi connectivity index (χ2v) is 8.92. The third kappa shape index (κ3) is 3.58. The zero-order valence-electron chi connectivity index (χ0n) is 5.06. The van der Waals surface area contributed by atoms with Gasteiger partial charge in [-0.2, -0.15) is 0 Å². The first-order chi connectivity index (χ1) is 4.00. The molecular weight excluding hydrogens is 327 g/mol. The molecule has 0 bridgehead atoms. The van der Waals surface area contributed by atoms with Crippen LogP contribution in [0.5, 0.6) is 0 Å². The molecule has 1 saturated heterocycles. The minimum atomic E-state index is 0.539. The first kappa shape index (κ1) is 7.68. The fourth-order valence-electron chi connectivity index (χ4n) is 0.730. The van der Waals surface area contributed by atoms with E-state index in [-0.39, 0.29) is 0 Å². The van der Waals surface area contributed by atoms with Crippen molar-refractivity contribution in [1.82, 2.24) is 0 Å². The molecule has 0 N–H and O–H groups in total. The molecule has 0 amide bonds. The molecule has 1 aliphatic rings. The van der Waals surface area contributed by atoms with Crippen molar-refractivity contribution in [1.29, 1.82) is 0 Å². The Balaban J connectivity index is 2.00. The summed E-state index contributed by atoms with van der Waals surface area (Å²) >= 11 is 1.08. The van der Waals surface area contributed by atoms with Crippen LogP contribution in [0, 0.1) is 0 Å². The molecule has 0 radical (unpaired) electrons. The Morgan fingerprint density at radius 2 is 1.00 bits per heavy atom. The SMILES string of the molecule is C1C[Te]CCC[Te]C1. The van der Waals surface area contributed by atoms with Crippen molar-refractivity contribution in [3.8, 4) is 0 Å². The van der Waals surface area contributed by atoms with Gasteiger partial charge in [-0.25, -0.2) is 0 Å². The molecule has 1 heterocycles. The second-order valence-electron chi connectivity index (χ2n) is 1.93. The molecule has 0 aromatic rings. The number of hydrogen-bond donors (Lipinski definition) is 0. The first-order valence-electron chi connectivity index (χ1n) is 3.15. The van der Waals surface area contributed by atoms with Crippen LogP contribution in [0.25, 0.3) is 0 Å². The molecule has 1 aliphatic heterocycles. The van der Waals surface area contributed by atoms with Gasteiger partial charge < -0.3 is 0 Å². The van der Waals surface area contributed by atoms with Gasteiger partial charge in [0.1, 0.15) is 0 Å². The molecule has 48 valence electrons. The van der Waals surface area contributed by atoms with Gasteiger partial charge >= 0.3 is 72.6 Å². The summed E-state index contributed by atoms with van der Waals surface area (Å²) in [5, 5.41) is 0. The third-order valence-electron chi connectivity index (χ3n) is 1.15. The van der Waals surface area contributed by atoms with E-state index in [1.54, 1.807) is 30.7 Å². The van der Waals surface area contributed by atoms with Crippen LogP contribution >= 0.6 is 0 Å². The predicted molar refractivity (Wildman–Crippen MR) is 40.0 cm³/mol. The van der Waals surface area contributed by atoms with Gasteiger partial charge in [0.15, 0.2) is 0 Å². The Hall–Kier alpha value is 1.58. The molecule has 0 aromatic heterocycles. The topological polar surface area (TPSA) is 0 Å². The van der Waals surface area contributed by atoms with Crippen molar-refractivity contribution in [2.45, 2.75) is 30.7 Å². The van der Waals surface area contributed by atoms with Gasteiger partial charge in [0, 0.05) is 0 Å². The number of rotatable bonds is 0. The summed E-state index contributed by atoms with van der Waals surface area (Å²) in [6.07, 6.45) is 3.23. The van der Waals surface area contributed by atoms with Gasteiger partial charge in [0.25, 0.3) is 0 Å². The van der Waals surface area contributed by atoms with E-state index in [1.165, 1.54) is 0 Å². The molecule has 2 heteroatoms. The van der Waals surface area contributed by atoms with Crippen molar-refractivity contribution in [3.63, 3.8) is 0 Å². The minimum absolute atomic E-state index is 0.539. The Morgan fingerprint density at radius 3 is 1.38 bits per heavy atom. The summed E-state index contributed by atoms with van der Waals surface area (Å²) < 4.78 is 6.65. The van der Waals surface area contributed by atoms with E-state index in [0.29, 0.717) is 41.8 Å². The quantitative estimate of drug-likeness (QED) is 0.591. The maximum absolute atomic E-state index is 1.66. The van der Waals surface area contributed by atoms with Gasteiger partial charge in [-0.15, -0.1) is 0 Å². The zero-order valence-corrected chi connectivity index (χ0v) is 9.72. The molecule has 1 fully saturated rings. The van der Waals surface area contributed by atoms with E-state index in [9.17, 15) is 0 Å². The third-order valence-corrected chi connectivity index (χ3v) is 7.75. The molecule has 1 rings (SSSR count). The van der Waals surface area contributed by atoms with Crippen LogP contribution in [0.1, 0.15) is 12.8 Å². The van der Waals surface area contributed by atoms with E-state index in [0.717, 1.165) is 0 Å². The monoisotopic (exact) mass is 344 g/mol. The van der Waals surface area contributed by atoms with Gasteiger partial charge in [0.2, 0.25) is 0 Å². The maximum atomic E-state index is 1.66. The van der Waals surface area contributed by atoms with Gasteiger partial charge in [0.05, 0.1) is 0 Å².